The number of carbonyl (C=O) groups excluding carboxylic acids is 3. The lowest BCUT2D eigenvalue weighted by Crippen LogP contribution is -2.21. The molecule has 1 heterocycles. The third-order valence-corrected chi connectivity index (χ3v) is 5.47. The van der Waals surface area contributed by atoms with E-state index in [9.17, 15) is 14.4 Å². The van der Waals surface area contributed by atoms with E-state index in [1.807, 2.05) is 6.07 Å². The second-order valence-electron chi connectivity index (χ2n) is 7.15. The summed E-state index contributed by atoms with van der Waals surface area (Å²) in [7, 11) is 1.49. The van der Waals surface area contributed by atoms with E-state index in [2.05, 4.69) is 36.8 Å². The molecule has 8 nitrogen and oxygen atoms in total. The van der Waals surface area contributed by atoms with Crippen LogP contribution >= 0.6 is 15.9 Å². The highest BCUT2D eigenvalue weighted by Crippen LogP contribution is 2.26. The average Bonchev–Trinajstić information content (AvgIpc) is 3.36. The molecular weight excluding hydrogens is 500 g/mol. The Labute approximate surface area is 203 Å². The van der Waals surface area contributed by atoms with Gasteiger partial charge < -0.3 is 15.4 Å². The van der Waals surface area contributed by atoms with Gasteiger partial charge in [0.2, 0.25) is 0 Å². The number of halogens is 1. The van der Waals surface area contributed by atoms with E-state index in [1.54, 1.807) is 66.7 Å². The number of anilines is 2. The van der Waals surface area contributed by atoms with Gasteiger partial charge in [-0.15, -0.1) is 0 Å². The molecule has 0 aliphatic heterocycles. The number of ether oxygens (including phenoxy) is 1. The van der Waals surface area contributed by atoms with Crippen LogP contribution in [0, 0.1) is 0 Å². The lowest BCUT2D eigenvalue weighted by Gasteiger charge is -2.12. The number of hydrogen-bond acceptors (Lipinski definition) is 5. The lowest BCUT2D eigenvalue weighted by molar-refractivity contribution is 0.0987. The van der Waals surface area contributed by atoms with E-state index >= 15 is 0 Å². The zero-order valence-corrected chi connectivity index (χ0v) is 19.5. The van der Waals surface area contributed by atoms with Crippen LogP contribution in [0.3, 0.4) is 0 Å². The van der Waals surface area contributed by atoms with Crippen molar-refractivity contribution in [2.75, 3.05) is 17.7 Å². The molecule has 0 saturated heterocycles. The Morgan fingerprint density at radius 3 is 2.32 bits per heavy atom. The minimum Gasteiger partial charge on any atom is -0.495 e. The van der Waals surface area contributed by atoms with Gasteiger partial charge in [0.05, 0.1) is 30.2 Å². The van der Waals surface area contributed by atoms with Crippen molar-refractivity contribution in [2.24, 2.45) is 0 Å². The minimum atomic E-state index is -0.618. The van der Waals surface area contributed by atoms with E-state index in [4.69, 9.17) is 4.74 Å². The Morgan fingerprint density at radius 1 is 0.853 bits per heavy atom. The van der Waals surface area contributed by atoms with E-state index in [0.717, 1.165) is 0 Å². The molecule has 3 N–H and O–H groups in total. The maximum absolute atomic E-state index is 13.1. The molecular formula is C25H19BrN4O4. The van der Waals surface area contributed by atoms with Crippen molar-refractivity contribution >= 4 is 44.9 Å². The Hall–Kier alpha value is -4.24. The normalized spacial score (nSPS) is 10.4. The molecule has 0 saturated carbocycles. The molecule has 1 aromatic heterocycles. The van der Waals surface area contributed by atoms with Gasteiger partial charge in [-0.25, -0.2) is 0 Å². The second-order valence-corrected chi connectivity index (χ2v) is 8.07. The molecule has 0 fully saturated rings. The minimum absolute atomic E-state index is 0.0384. The molecule has 2 amide bonds. The number of aromatic amines is 1. The van der Waals surface area contributed by atoms with Crippen molar-refractivity contribution in [3.05, 3.63) is 106 Å². The Kier molecular flexibility index (Phi) is 6.84. The van der Waals surface area contributed by atoms with Crippen LogP contribution in [0.25, 0.3) is 0 Å². The number of hydrogen-bond donors (Lipinski definition) is 3. The summed E-state index contributed by atoms with van der Waals surface area (Å²) in [6.45, 7) is 0. The standard InChI is InChI=1S/C25H19BrN4O4/c1-34-21-10-6-5-9-20(21)29-24(32)18-14-27-30-22(18)25(33)28-19-12-11-16(26)13-17(19)23(31)15-7-3-2-4-8-15/h2-14H,1H3,(H,27,30)(H,28,33)(H,29,32). The van der Waals surface area contributed by atoms with Gasteiger partial charge in [-0.1, -0.05) is 58.4 Å². The Bertz CT molecular complexity index is 1370. The van der Waals surface area contributed by atoms with Crippen LogP contribution in [0.1, 0.15) is 36.8 Å². The number of amides is 2. The first kappa shape index (κ1) is 22.9. The molecule has 0 bridgehead atoms. The number of nitrogens with one attached hydrogen (secondary N) is 3. The number of aromatic nitrogens is 2. The molecule has 0 aliphatic rings. The van der Waals surface area contributed by atoms with Crippen molar-refractivity contribution in [2.45, 2.75) is 0 Å². The molecule has 34 heavy (non-hydrogen) atoms. The summed E-state index contributed by atoms with van der Waals surface area (Å²) in [6, 6.07) is 20.6. The molecule has 0 spiro atoms. The van der Waals surface area contributed by atoms with Gasteiger partial charge in [0.25, 0.3) is 11.8 Å². The molecule has 0 aliphatic carbocycles. The van der Waals surface area contributed by atoms with Gasteiger partial charge in [0.15, 0.2) is 5.78 Å². The molecule has 9 heteroatoms. The van der Waals surface area contributed by atoms with Crippen LogP contribution in [0.2, 0.25) is 0 Å². The van der Waals surface area contributed by atoms with Crippen LogP contribution in [0.5, 0.6) is 5.75 Å². The van der Waals surface area contributed by atoms with E-state index in [1.165, 1.54) is 13.3 Å². The van der Waals surface area contributed by atoms with Crippen LogP contribution in [-0.2, 0) is 0 Å². The van der Waals surface area contributed by atoms with E-state index < -0.39 is 11.8 Å². The summed E-state index contributed by atoms with van der Waals surface area (Å²) in [5.74, 6) is -0.938. The SMILES string of the molecule is COc1ccccc1NC(=O)c1cn[nH]c1C(=O)Nc1ccc(Br)cc1C(=O)c1ccccc1. The number of methoxy groups -OCH3 is 1. The number of ketones is 1. The number of para-hydroxylation sites is 2. The molecule has 3 aromatic carbocycles. The molecule has 0 radical (unpaired) electrons. The summed E-state index contributed by atoms with van der Waals surface area (Å²) in [5.41, 5.74) is 1.52. The molecule has 4 aromatic rings. The van der Waals surface area contributed by atoms with Crippen molar-refractivity contribution in [3.63, 3.8) is 0 Å². The smallest absolute Gasteiger partial charge is 0.274 e. The lowest BCUT2D eigenvalue weighted by atomic mass is 10.0. The fraction of sp³-hybridized carbons (Fsp3) is 0.0400. The first-order valence-corrected chi connectivity index (χ1v) is 11.0. The van der Waals surface area contributed by atoms with Crippen molar-refractivity contribution < 1.29 is 19.1 Å². The van der Waals surface area contributed by atoms with Crippen LogP contribution in [0.4, 0.5) is 11.4 Å². The van der Waals surface area contributed by atoms with Gasteiger partial charge >= 0.3 is 0 Å². The number of carbonyl (C=O) groups is 3. The summed E-state index contributed by atoms with van der Waals surface area (Å²) >= 11 is 3.37. The summed E-state index contributed by atoms with van der Waals surface area (Å²) in [4.78, 5) is 39.0. The van der Waals surface area contributed by atoms with Crippen LogP contribution in [0.15, 0.2) is 83.5 Å². The quantitative estimate of drug-likeness (QED) is 0.300. The number of nitrogens with zero attached hydrogens (tertiary/aromatic N) is 1. The van der Waals surface area contributed by atoms with Gasteiger partial charge in [-0.2, -0.15) is 5.10 Å². The van der Waals surface area contributed by atoms with Gasteiger partial charge in [-0.3, -0.25) is 19.5 Å². The predicted molar refractivity (Wildman–Crippen MR) is 132 cm³/mol. The summed E-state index contributed by atoms with van der Waals surface area (Å²) in [6.07, 6.45) is 1.26. The monoisotopic (exact) mass is 518 g/mol. The Morgan fingerprint density at radius 2 is 1.56 bits per heavy atom. The zero-order valence-electron chi connectivity index (χ0n) is 18.0. The highest BCUT2D eigenvalue weighted by molar-refractivity contribution is 9.10. The Balaban J connectivity index is 1.59. The van der Waals surface area contributed by atoms with Crippen molar-refractivity contribution in [3.8, 4) is 5.75 Å². The average molecular weight is 519 g/mol. The van der Waals surface area contributed by atoms with Crippen molar-refractivity contribution in [1.82, 2.24) is 10.2 Å². The number of benzene rings is 3. The fourth-order valence-electron chi connectivity index (χ4n) is 3.31. The molecule has 0 atom stereocenters. The number of H-pyrrole nitrogens is 1. The molecule has 0 unspecified atom stereocenters. The highest BCUT2D eigenvalue weighted by atomic mass is 79.9. The summed E-state index contributed by atoms with van der Waals surface area (Å²) in [5, 5.41) is 11.9. The second kappa shape index (κ2) is 10.1. The largest absolute Gasteiger partial charge is 0.495 e. The zero-order chi connectivity index (χ0) is 24.1. The first-order valence-electron chi connectivity index (χ1n) is 10.2. The third-order valence-electron chi connectivity index (χ3n) is 4.98. The van der Waals surface area contributed by atoms with Gasteiger partial charge in [-0.05, 0) is 30.3 Å². The van der Waals surface area contributed by atoms with Gasteiger partial charge in [0, 0.05) is 15.6 Å². The third kappa shape index (κ3) is 4.89. The maximum atomic E-state index is 13.1. The maximum Gasteiger partial charge on any atom is 0.274 e. The topological polar surface area (TPSA) is 113 Å². The summed E-state index contributed by atoms with van der Waals surface area (Å²) < 4.78 is 5.93. The number of rotatable bonds is 7. The highest BCUT2D eigenvalue weighted by Gasteiger charge is 2.23. The van der Waals surface area contributed by atoms with E-state index in [-0.39, 0.29) is 17.0 Å². The predicted octanol–water partition coefficient (Wildman–Crippen LogP) is 4.92. The first-order chi connectivity index (χ1) is 16.5. The van der Waals surface area contributed by atoms with Gasteiger partial charge in [0.1, 0.15) is 11.4 Å². The molecule has 170 valence electrons. The van der Waals surface area contributed by atoms with Crippen molar-refractivity contribution in [1.29, 1.82) is 0 Å². The fourth-order valence-corrected chi connectivity index (χ4v) is 3.67. The van der Waals surface area contributed by atoms with E-state index in [0.29, 0.717) is 32.7 Å². The van der Waals surface area contributed by atoms with Crippen LogP contribution in [-0.4, -0.2) is 34.9 Å². The van der Waals surface area contributed by atoms with Crippen LogP contribution < -0.4 is 15.4 Å². The molecule has 4 rings (SSSR count).